The van der Waals surface area contributed by atoms with Crippen LogP contribution in [0.2, 0.25) is 5.02 Å². The number of rotatable bonds is 6. The highest BCUT2D eigenvalue weighted by Gasteiger charge is 2.56. The first kappa shape index (κ1) is 19.6. The van der Waals surface area contributed by atoms with Crippen LogP contribution < -0.4 is 10.6 Å². The zero-order valence-corrected chi connectivity index (χ0v) is 14.7. The number of hydrogen-bond acceptors (Lipinski definition) is 2. The van der Waals surface area contributed by atoms with E-state index in [2.05, 4.69) is 10.6 Å². The van der Waals surface area contributed by atoms with Gasteiger partial charge in [0.25, 0.3) is 0 Å². The molecule has 138 valence electrons. The molecule has 2 N–H and O–H groups in total. The molecule has 4 nitrogen and oxygen atoms in total. The van der Waals surface area contributed by atoms with Gasteiger partial charge < -0.3 is 10.6 Å². The third kappa shape index (κ3) is 4.66. The van der Waals surface area contributed by atoms with Crippen molar-refractivity contribution < 1.29 is 22.8 Å². The van der Waals surface area contributed by atoms with Gasteiger partial charge in [0.2, 0.25) is 11.8 Å². The third-order valence-corrected chi connectivity index (χ3v) is 4.50. The minimum atomic E-state index is -4.55. The zero-order valence-electron chi connectivity index (χ0n) is 14.0. The molecule has 1 aliphatic carbocycles. The lowest BCUT2D eigenvalue weighted by Crippen LogP contribution is -2.40. The molecule has 25 heavy (non-hydrogen) atoms. The molecule has 0 unspecified atom stereocenters. The van der Waals surface area contributed by atoms with Gasteiger partial charge in [-0.05, 0) is 43.4 Å². The molecule has 2 amide bonds. The molecule has 1 saturated carbocycles. The smallest absolute Gasteiger partial charge is 0.355 e. The van der Waals surface area contributed by atoms with Crippen LogP contribution in [0.4, 0.5) is 18.9 Å². The van der Waals surface area contributed by atoms with E-state index in [1.165, 1.54) is 0 Å². The van der Waals surface area contributed by atoms with Gasteiger partial charge in [-0.15, -0.1) is 0 Å². The number of amides is 2. The van der Waals surface area contributed by atoms with E-state index in [0.29, 0.717) is 25.3 Å². The average molecular weight is 377 g/mol. The fourth-order valence-electron chi connectivity index (χ4n) is 2.37. The number of alkyl halides is 3. The van der Waals surface area contributed by atoms with Gasteiger partial charge in [0.05, 0.1) is 16.3 Å². The highest BCUT2D eigenvalue weighted by molar-refractivity contribution is 6.34. The van der Waals surface area contributed by atoms with Crippen LogP contribution in [-0.2, 0) is 15.8 Å². The lowest BCUT2D eigenvalue weighted by atomic mass is 10.0. The Morgan fingerprint density at radius 2 is 1.88 bits per heavy atom. The van der Waals surface area contributed by atoms with Crippen molar-refractivity contribution in [3.05, 3.63) is 28.8 Å². The lowest BCUT2D eigenvalue weighted by molar-refractivity contribution is -0.138. The number of carbonyl (C=O) groups excluding carboxylic acids is 2. The van der Waals surface area contributed by atoms with Crippen LogP contribution in [0.1, 0.15) is 38.7 Å². The maximum atomic E-state index is 12.8. The molecular weight excluding hydrogens is 357 g/mol. The quantitative estimate of drug-likeness (QED) is 0.729. The Kier molecular flexibility index (Phi) is 5.66. The zero-order chi connectivity index (χ0) is 18.8. The molecule has 1 aromatic carbocycles. The van der Waals surface area contributed by atoms with Crippen molar-refractivity contribution >= 4 is 29.1 Å². The van der Waals surface area contributed by atoms with E-state index in [9.17, 15) is 22.8 Å². The highest BCUT2D eigenvalue weighted by Crippen LogP contribution is 2.47. The molecule has 0 aliphatic heterocycles. The van der Waals surface area contributed by atoms with Crippen molar-refractivity contribution in [3.63, 3.8) is 0 Å². The monoisotopic (exact) mass is 376 g/mol. The van der Waals surface area contributed by atoms with Crippen molar-refractivity contribution in [3.8, 4) is 0 Å². The minimum Gasteiger partial charge on any atom is -0.355 e. The molecule has 0 saturated heterocycles. The number of carbonyl (C=O) groups is 2. The van der Waals surface area contributed by atoms with E-state index in [4.69, 9.17) is 11.6 Å². The molecule has 0 radical (unpaired) electrons. The van der Waals surface area contributed by atoms with Gasteiger partial charge in [-0.25, -0.2) is 0 Å². The first-order valence-corrected chi connectivity index (χ1v) is 8.40. The Hall–Kier alpha value is -1.76. The fraction of sp³-hybridized carbons (Fsp3) is 0.529. The van der Waals surface area contributed by atoms with Crippen molar-refractivity contribution in [1.29, 1.82) is 0 Å². The summed E-state index contributed by atoms with van der Waals surface area (Å²) in [7, 11) is 0. The SMILES string of the molecule is CC(C)CCNC(=O)C1(C(=O)Nc2cc(C(F)(F)F)ccc2Cl)CC1. The summed E-state index contributed by atoms with van der Waals surface area (Å²) in [4.78, 5) is 24.7. The van der Waals surface area contributed by atoms with Gasteiger partial charge in [0.15, 0.2) is 0 Å². The maximum Gasteiger partial charge on any atom is 0.416 e. The fourth-order valence-corrected chi connectivity index (χ4v) is 2.53. The van der Waals surface area contributed by atoms with E-state index in [1.807, 2.05) is 13.8 Å². The standard InChI is InChI=1S/C17H20ClF3N2O2/c1-10(2)5-8-22-14(24)16(6-7-16)15(25)23-13-9-11(17(19,20)21)3-4-12(13)18/h3-4,9-10H,5-8H2,1-2H3,(H,22,24)(H,23,25). The van der Waals surface area contributed by atoms with E-state index in [1.54, 1.807) is 0 Å². The van der Waals surface area contributed by atoms with Crippen LogP contribution in [0.3, 0.4) is 0 Å². The molecule has 8 heteroatoms. The summed E-state index contributed by atoms with van der Waals surface area (Å²) in [5, 5.41) is 5.08. The second-order valence-electron chi connectivity index (χ2n) is 6.67. The third-order valence-electron chi connectivity index (χ3n) is 4.17. The Morgan fingerprint density at radius 1 is 1.24 bits per heavy atom. The molecule has 2 rings (SSSR count). The summed E-state index contributed by atoms with van der Waals surface area (Å²) in [5.74, 6) is -0.613. The summed E-state index contributed by atoms with van der Waals surface area (Å²) in [6.07, 6.45) is -3.04. The summed E-state index contributed by atoms with van der Waals surface area (Å²) in [6, 6.07) is 2.68. The van der Waals surface area contributed by atoms with Crippen LogP contribution in [0, 0.1) is 11.3 Å². The topological polar surface area (TPSA) is 58.2 Å². The number of halogens is 4. The molecule has 1 fully saturated rings. The van der Waals surface area contributed by atoms with Gasteiger partial charge in [-0.1, -0.05) is 25.4 Å². The molecule has 0 aromatic heterocycles. The molecule has 0 spiro atoms. The van der Waals surface area contributed by atoms with Gasteiger partial charge in [0.1, 0.15) is 5.41 Å². The van der Waals surface area contributed by atoms with Crippen LogP contribution in [-0.4, -0.2) is 18.4 Å². The van der Waals surface area contributed by atoms with E-state index < -0.39 is 29.0 Å². The molecular formula is C17H20ClF3N2O2. The lowest BCUT2D eigenvalue weighted by Gasteiger charge is -2.17. The number of anilines is 1. The number of benzene rings is 1. The molecule has 0 heterocycles. The predicted molar refractivity (Wildman–Crippen MR) is 89.2 cm³/mol. The number of nitrogens with one attached hydrogen (secondary N) is 2. The van der Waals surface area contributed by atoms with Crippen molar-refractivity contribution in [1.82, 2.24) is 5.32 Å². The van der Waals surface area contributed by atoms with Crippen LogP contribution in [0.15, 0.2) is 18.2 Å². The van der Waals surface area contributed by atoms with E-state index >= 15 is 0 Å². The van der Waals surface area contributed by atoms with Crippen LogP contribution in [0.25, 0.3) is 0 Å². The van der Waals surface area contributed by atoms with Crippen molar-refractivity contribution in [2.45, 2.75) is 39.3 Å². The minimum absolute atomic E-state index is 0.0163. The second-order valence-corrected chi connectivity index (χ2v) is 7.07. The van der Waals surface area contributed by atoms with Crippen molar-refractivity contribution in [2.75, 3.05) is 11.9 Å². The Morgan fingerprint density at radius 3 is 2.40 bits per heavy atom. The molecule has 0 bridgehead atoms. The molecule has 0 atom stereocenters. The van der Waals surface area contributed by atoms with Gasteiger partial charge in [-0.3, -0.25) is 9.59 Å². The van der Waals surface area contributed by atoms with Crippen LogP contribution in [0.5, 0.6) is 0 Å². The Bertz CT molecular complexity index is 670. The van der Waals surface area contributed by atoms with Gasteiger partial charge in [-0.2, -0.15) is 13.2 Å². The normalized spacial score (nSPS) is 15.8. The summed E-state index contributed by atoms with van der Waals surface area (Å²) in [6.45, 7) is 4.48. The summed E-state index contributed by atoms with van der Waals surface area (Å²) < 4.78 is 38.4. The van der Waals surface area contributed by atoms with E-state index in [0.717, 1.165) is 24.6 Å². The molecule has 1 aliphatic rings. The summed E-state index contributed by atoms with van der Waals surface area (Å²) in [5.41, 5.74) is -2.28. The maximum absolute atomic E-state index is 12.8. The number of hydrogen-bond donors (Lipinski definition) is 2. The molecule has 1 aromatic rings. The first-order chi connectivity index (χ1) is 11.6. The largest absolute Gasteiger partial charge is 0.416 e. The Balaban J connectivity index is 2.08. The van der Waals surface area contributed by atoms with Gasteiger partial charge in [0, 0.05) is 6.54 Å². The second kappa shape index (κ2) is 7.23. The van der Waals surface area contributed by atoms with Crippen molar-refractivity contribution in [2.24, 2.45) is 11.3 Å². The summed E-state index contributed by atoms with van der Waals surface area (Å²) >= 11 is 5.88. The Labute approximate surface area is 149 Å². The van der Waals surface area contributed by atoms with Gasteiger partial charge >= 0.3 is 6.18 Å². The predicted octanol–water partition coefficient (Wildman–Crippen LogP) is 4.24. The highest BCUT2D eigenvalue weighted by atomic mass is 35.5. The first-order valence-electron chi connectivity index (χ1n) is 8.03. The van der Waals surface area contributed by atoms with E-state index in [-0.39, 0.29) is 10.7 Å². The van der Waals surface area contributed by atoms with Crippen LogP contribution >= 0.6 is 11.6 Å². The average Bonchev–Trinajstić information content (AvgIpc) is 3.29.